The highest BCUT2D eigenvalue weighted by atomic mass is 32.2. The van der Waals surface area contributed by atoms with Crippen LogP contribution in [0.15, 0.2) is 52.4 Å². The van der Waals surface area contributed by atoms with Crippen LogP contribution in [0.4, 0.5) is 17.1 Å². The van der Waals surface area contributed by atoms with Gasteiger partial charge >= 0.3 is 0 Å². The van der Waals surface area contributed by atoms with Gasteiger partial charge < -0.3 is 14.5 Å². The van der Waals surface area contributed by atoms with Gasteiger partial charge in [0.1, 0.15) is 0 Å². The number of thioether (sulfide) groups is 1. The van der Waals surface area contributed by atoms with Crippen molar-refractivity contribution in [2.24, 2.45) is 4.99 Å². The van der Waals surface area contributed by atoms with E-state index in [0.29, 0.717) is 12.5 Å². The van der Waals surface area contributed by atoms with E-state index in [2.05, 4.69) is 68.0 Å². The van der Waals surface area contributed by atoms with Crippen LogP contribution in [-0.2, 0) is 9.53 Å². The molecule has 7 heteroatoms. The van der Waals surface area contributed by atoms with Crippen LogP contribution < -0.4 is 9.80 Å². The molecular formula is C29H36N4O2S. The fourth-order valence-corrected chi connectivity index (χ4v) is 6.44. The number of fused-ring (bicyclic) bond motifs is 1. The number of morpholine rings is 1. The molecule has 0 aliphatic carbocycles. The second kappa shape index (κ2) is 9.94. The Morgan fingerprint density at radius 1 is 1.14 bits per heavy atom. The van der Waals surface area contributed by atoms with Crippen molar-refractivity contribution in [1.29, 1.82) is 0 Å². The van der Waals surface area contributed by atoms with Crippen molar-refractivity contribution in [2.45, 2.75) is 45.6 Å². The zero-order valence-electron chi connectivity index (χ0n) is 22.0. The van der Waals surface area contributed by atoms with Gasteiger partial charge in [-0.25, -0.2) is 4.99 Å². The minimum absolute atomic E-state index is 0.0233. The number of aliphatic imine (C=N–C) groups is 1. The fourth-order valence-electron chi connectivity index (χ4n) is 5.38. The average Bonchev–Trinajstić information content (AvgIpc) is 3.16. The molecule has 190 valence electrons. The maximum atomic E-state index is 13.2. The van der Waals surface area contributed by atoms with Gasteiger partial charge in [0.2, 0.25) is 0 Å². The first-order chi connectivity index (χ1) is 17.3. The number of anilines is 2. The topological polar surface area (TPSA) is 48.4 Å². The Bertz CT molecular complexity index is 1200. The minimum atomic E-state index is 0.0233. The first-order valence-corrected chi connectivity index (χ1v) is 13.7. The molecule has 2 saturated heterocycles. The van der Waals surface area contributed by atoms with Gasteiger partial charge in [-0.3, -0.25) is 9.69 Å². The molecule has 0 aromatic heterocycles. The van der Waals surface area contributed by atoms with Gasteiger partial charge in [-0.1, -0.05) is 13.0 Å². The molecule has 2 aromatic rings. The van der Waals surface area contributed by atoms with Crippen molar-refractivity contribution < 1.29 is 9.53 Å². The summed E-state index contributed by atoms with van der Waals surface area (Å²) in [5.74, 6) is 0.497. The number of carbonyl (C=O) groups is 1. The average molecular weight is 505 g/mol. The summed E-state index contributed by atoms with van der Waals surface area (Å²) in [6.07, 6.45) is 3.13. The molecule has 0 radical (unpaired) electrons. The lowest BCUT2D eigenvalue weighted by Crippen LogP contribution is -2.45. The molecule has 36 heavy (non-hydrogen) atoms. The molecule has 0 N–H and O–H groups in total. The van der Waals surface area contributed by atoms with E-state index in [-0.39, 0.29) is 11.4 Å². The molecule has 5 rings (SSSR count). The Balaban J connectivity index is 1.38. The number of carbonyl (C=O) groups excluding carboxylic acids is 1. The van der Waals surface area contributed by atoms with Crippen LogP contribution in [0.2, 0.25) is 0 Å². The van der Waals surface area contributed by atoms with E-state index in [1.54, 1.807) is 4.90 Å². The molecule has 2 fully saturated rings. The van der Waals surface area contributed by atoms with E-state index < -0.39 is 0 Å². The summed E-state index contributed by atoms with van der Waals surface area (Å²) in [4.78, 5) is 25.3. The van der Waals surface area contributed by atoms with Crippen LogP contribution in [-0.4, -0.2) is 61.4 Å². The highest BCUT2D eigenvalue weighted by Crippen LogP contribution is 2.43. The van der Waals surface area contributed by atoms with Crippen LogP contribution in [0, 0.1) is 0 Å². The van der Waals surface area contributed by atoms with Crippen molar-refractivity contribution in [1.82, 2.24) is 4.90 Å². The molecule has 0 saturated carbocycles. The van der Waals surface area contributed by atoms with E-state index in [9.17, 15) is 4.79 Å². The minimum Gasteiger partial charge on any atom is -0.378 e. The smallest absolute Gasteiger partial charge is 0.266 e. The van der Waals surface area contributed by atoms with Gasteiger partial charge in [0.25, 0.3) is 5.91 Å². The Morgan fingerprint density at radius 2 is 1.86 bits per heavy atom. The fraction of sp³-hybridized carbons (Fsp3) is 0.448. The number of likely N-dealkylation sites (N-methyl/N-ethyl adjacent to an activating group) is 1. The number of rotatable bonds is 4. The summed E-state index contributed by atoms with van der Waals surface area (Å²) < 4.78 is 5.45. The Morgan fingerprint density at radius 3 is 2.56 bits per heavy atom. The molecule has 2 aromatic carbocycles. The van der Waals surface area contributed by atoms with Crippen molar-refractivity contribution in [3.05, 3.63) is 58.5 Å². The lowest BCUT2D eigenvalue weighted by molar-refractivity contribution is -0.122. The van der Waals surface area contributed by atoms with Crippen LogP contribution in [0.1, 0.15) is 51.2 Å². The highest BCUT2D eigenvalue weighted by molar-refractivity contribution is 8.18. The number of nitrogens with zero attached hydrogens (tertiary/aromatic N) is 4. The second-order valence-electron chi connectivity index (χ2n) is 10.5. The molecule has 1 unspecified atom stereocenters. The maximum Gasteiger partial charge on any atom is 0.266 e. The predicted octanol–water partition coefficient (Wildman–Crippen LogP) is 5.87. The summed E-state index contributed by atoms with van der Waals surface area (Å²) >= 11 is 1.46. The number of hydrogen-bond acceptors (Lipinski definition) is 6. The van der Waals surface area contributed by atoms with Gasteiger partial charge in [-0.15, -0.1) is 0 Å². The number of benzene rings is 2. The van der Waals surface area contributed by atoms with E-state index in [1.807, 2.05) is 25.1 Å². The predicted molar refractivity (Wildman–Crippen MR) is 151 cm³/mol. The molecule has 3 heterocycles. The van der Waals surface area contributed by atoms with E-state index in [1.165, 1.54) is 28.7 Å². The molecule has 1 amide bonds. The third-order valence-electron chi connectivity index (χ3n) is 7.61. The van der Waals surface area contributed by atoms with Crippen molar-refractivity contribution in [2.75, 3.05) is 49.7 Å². The van der Waals surface area contributed by atoms with Gasteiger partial charge in [0, 0.05) is 43.6 Å². The molecule has 6 nitrogen and oxygen atoms in total. The van der Waals surface area contributed by atoms with Gasteiger partial charge in [0.15, 0.2) is 5.17 Å². The number of amides is 1. The maximum absolute atomic E-state index is 13.2. The summed E-state index contributed by atoms with van der Waals surface area (Å²) in [6, 6.07) is 14.8. The Kier molecular flexibility index (Phi) is 6.88. The van der Waals surface area contributed by atoms with Gasteiger partial charge in [-0.05, 0) is 98.5 Å². The number of ether oxygens (including phenoxy) is 1. The molecule has 3 aliphatic rings. The van der Waals surface area contributed by atoms with E-state index in [0.717, 1.165) is 54.0 Å². The standard InChI is InChI=1S/C29H36N4O2S/c1-6-33-27(34)26(18-21-7-12-25-24(17-21)20(2)19-29(3,4)31(25)5)36-28(33)30-22-8-10-23(11-9-22)32-13-15-35-16-14-32/h7-12,17-18,20H,6,13-16,19H2,1-5H3/b26-18-,30-28?. The van der Waals surface area contributed by atoms with E-state index in [4.69, 9.17) is 9.73 Å². The van der Waals surface area contributed by atoms with Crippen molar-refractivity contribution >= 4 is 46.0 Å². The first-order valence-electron chi connectivity index (χ1n) is 12.9. The SMILES string of the molecule is CCN1C(=O)/C(=C/c2ccc3c(c2)C(C)CC(C)(C)N3C)SC1=Nc1ccc(N2CCOCC2)cc1. The lowest BCUT2D eigenvalue weighted by Gasteiger charge is -2.45. The zero-order chi connectivity index (χ0) is 25.4. The normalized spacial score (nSPS) is 24.1. The molecule has 3 aliphatic heterocycles. The quantitative estimate of drug-likeness (QED) is 0.488. The van der Waals surface area contributed by atoms with Crippen LogP contribution in [0.3, 0.4) is 0 Å². The third-order valence-corrected chi connectivity index (χ3v) is 8.62. The summed E-state index contributed by atoms with van der Waals surface area (Å²) in [5.41, 5.74) is 5.87. The van der Waals surface area contributed by atoms with Crippen molar-refractivity contribution in [3.63, 3.8) is 0 Å². The molecular weight excluding hydrogens is 468 g/mol. The summed E-state index contributed by atoms with van der Waals surface area (Å²) in [7, 11) is 2.18. The molecule has 0 bridgehead atoms. The van der Waals surface area contributed by atoms with Gasteiger partial charge in [0.05, 0.1) is 23.8 Å². The van der Waals surface area contributed by atoms with E-state index >= 15 is 0 Å². The van der Waals surface area contributed by atoms with Crippen LogP contribution >= 0.6 is 11.8 Å². The van der Waals surface area contributed by atoms with Crippen LogP contribution in [0.25, 0.3) is 6.08 Å². The Labute approximate surface area is 219 Å². The number of amidine groups is 1. The molecule has 0 spiro atoms. The molecule has 1 atom stereocenters. The largest absolute Gasteiger partial charge is 0.378 e. The highest BCUT2D eigenvalue weighted by Gasteiger charge is 2.35. The summed E-state index contributed by atoms with van der Waals surface area (Å²) in [6.45, 7) is 12.8. The third kappa shape index (κ3) is 4.78. The van der Waals surface area contributed by atoms with Crippen molar-refractivity contribution in [3.8, 4) is 0 Å². The first kappa shape index (κ1) is 24.9. The zero-order valence-corrected chi connectivity index (χ0v) is 22.8. The summed E-state index contributed by atoms with van der Waals surface area (Å²) in [5, 5.41) is 0.737. The Hall–Kier alpha value is -2.77. The monoisotopic (exact) mass is 504 g/mol. The number of hydrogen-bond donors (Lipinski definition) is 0. The lowest BCUT2D eigenvalue weighted by atomic mass is 9.80. The van der Waals surface area contributed by atoms with Crippen LogP contribution in [0.5, 0.6) is 0 Å². The second-order valence-corrected chi connectivity index (χ2v) is 11.5. The van der Waals surface area contributed by atoms with Gasteiger partial charge in [-0.2, -0.15) is 0 Å².